The van der Waals surface area contributed by atoms with E-state index in [1.54, 1.807) is 30.0 Å². The summed E-state index contributed by atoms with van der Waals surface area (Å²) in [6, 6.07) is 6.56. The second-order valence-electron chi connectivity index (χ2n) is 7.66. The van der Waals surface area contributed by atoms with Crippen LogP contribution >= 0.6 is 0 Å². The Kier molecular flexibility index (Phi) is 5.86. The van der Waals surface area contributed by atoms with Crippen LogP contribution in [0, 0.1) is 18.7 Å². The number of hydrogen-bond donors (Lipinski definition) is 1. The molecule has 3 heterocycles. The van der Waals surface area contributed by atoms with E-state index < -0.39 is 23.5 Å². The fourth-order valence-electron chi connectivity index (χ4n) is 3.91. The first-order valence-electron chi connectivity index (χ1n) is 10.1. The minimum atomic E-state index is -4.54. The van der Waals surface area contributed by atoms with E-state index in [0.29, 0.717) is 30.9 Å². The lowest BCUT2D eigenvalue weighted by Crippen LogP contribution is -2.42. The van der Waals surface area contributed by atoms with E-state index in [9.17, 15) is 22.4 Å². The maximum atomic E-state index is 14.6. The van der Waals surface area contributed by atoms with Crippen molar-refractivity contribution in [2.45, 2.75) is 25.9 Å². The quantitative estimate of drug-likeness (QED) is 0.595. The summed E-state index contributed by atoms with van der Waals surface area (Å²) in [6.07, 6.45) is 1.03. The predicted molar refractivity (Wildman–Crippen MR) is 111 cm³/mol. The van der Waals surface area contributed by atoms with Crippen molar-refractivity contribution in [1.29, 1.82) is 0 Å². The molecule has 1 N–H and O–H groups in total. The largest absolute Gasteiger partial charge is 0.419 e. The van der Waals surface area contributed by atoms with Gasteiger partial charge in [-0.3, -0.25) is 4.79 Å². The van der Waals surface area contributed by atoms with E-state index >= 15 is 0 Å². The highest BCUT2D eigenvalue weighted by Crippen LogP contribution is 2.36. The van der Waals surface area contributed by atoms with Crippen molar-refractivity contribution < 1.29 is 22.4 Å². The molecule has 1 saturated heterocycles. The van der Waals surface area contributed by atoms with Gasteiger partial charge < -0.3 is 14.8 Å². The third-order valence-corrected chi connectivity index (χ3v) is 5.48. The second-order valence-corrected chi connectivity index (χ2v) is 7.66. The molecule has 1 fully saturated rings. The van der Waals surface area contributed by atoms with Crippen molar-refractivity contribution in [2.75, 3.05) is 23.3 Å². The van der Waals surface area contributed by atoms with Crippen molar-refractivity contribution >= 4 is 17.4 Å². The summed E-state index contributed by atoms with van der Waals surface area (Å²) in [6.45, 7) is 2.22. The Morgan fingerprint density at radius 1 is 1.19 bits per heavy atom. The zero-order valence-corrected chi connectivity index (χ0v) is 17.2. The first-order valence-corrected chi connectivity index (χ1v) is 10.1. The number of carbonyl (C=O) groups is 1. The number of aromatic nitrogens is 3. The minimum Gasteiger partial charge on any atom is -0.355 e. The van der Waals surface area contributed by atoms with Crippen LogP contribution in [0.2, 0.25) is 0 Å². The zero-order valence-electron chi connectivity index (χ0n) is 17.2. The monoisotopic (exact) mass is 447 g/mol. The zero-order chi connectivity index (χ0) is 22.9. The molecular weight excluding hydrogens is 426 g/mol. The molecule has 0 saturated carbocycles. The molecule has 1 aliphatic rings. The summed E-state index contributed by atoms with van der Waals surface area (Å²) in [5.74, 6) is -1.01. The number of amides is 1. The van der Waals surface area contributed by atoms with E-state index in [4.69, 9.17) is 0 Å². The molecule has 3 aromatic rings. The highest BCUT2D eigenvalue weighted by Gasteiger charge is 2.37. The topological polar surface area (TPSA) is 63.1 Å². The van der Waals surface area contributed by atoms with Gasteiger partial charge in [0.25, 0.3) is 0 Å². The third kappa shape index (κ3) is 4.44. The molecular formula is C22H21F4N5O. The Bertz CT molecular complexity index is 1130. The molecule has 168 valence electrons. The van der Waals surface area contributed by atoms with Gasteiger partial charge in [0.15, 0.2) is 0 Å². The number of nitrogens with zero attached hydrogens (tertiary/aromatic N) is 4. The lowest BCUT2D eigenvalue weighted by atomic mass is 9.96. The highest BCUT2D eigenvalue weighted by molar-refractivity contribution is 5.93. The molecule has 0 bridgehead atoms. The number of imidazole rings is 1. The molecule has 1 aromatic carbocycles. The van der Waals surface area contributed by atoms with Gasteiger partial charge in [-0.2, -0.15) is 13.2 Å². The molecule has 2 aromatic heterocycles. The van der Waals surface area contributed by atoms with Crippen LogP contribution in [0.15, 0.2) is 48.9 Å². The molecule has 0 spiro atoms. The van der Waals surface area contributed by atoms with Crippen LogP contribution in [0.5, 0.6) is 0 Å². The average molecular weight is 447 g/mol. The van der Waals surface area contributed by atoms with Crippen LogP contribution in [0.25, 0.3) is 5.69 Å². The fraction of sp³-hybridized carbons (Fsp3) is 0.318. The second kappa shape index (κ2) is 8.60. The average Bonchev–Trinajstić information content (AvgIpc) is 3.19. The summed E-state index contributed by atoms with van der Waals surface area (Å²) < 4.78 is 56.3. The summed E-state index contributed by atoms with van der Waals surface area (Å²) in [4.78, 5) is 22.3. The van der Waals surface area contributed by atoms with Crippen LogP contribution in [0.3, 0.4) is 0 Å². The SMILES string of the molecule is Cc1nccn1-c1ccc(NC(=O)C2CCCN(c3ncccc3C(F)(F)F)C2)cc1F. The van der Waals surface area contributed by atoms with Crippen molar-refractivity contribution in [3.05, 3.63) is 66.1 Å². The fourth-order valence-corrected chi connectivity index (χ4v) is 3.91. The minimum absolute atomic E-state index is 0.0979. The summed E-state index contributed by atoms with van der Waals surface area (Å²) in [5.41, 5.74) is -0.245. The lowest BCUT2D eigenvalue weighted by molar-refractivity contribution is -0.137. The number of anilines is 2. The van der Waals surface area contributed by atoms with Gasteiger partial charge >= 0.3 is 6.18 Å². The van der Waals surface area contributed by atoms with E-state index in [1.807, 2.05) is 0 Å². The van der Waals surface area contributed by atoms with Gasteiger partial charge in [-0.15, -0.1) is 0 Å². The number of benzene rings is 1. The Hall–Kier alpha value is -3.43. The maximum Gasteiger partial charge on any atom is 0.419 e. The molecule has 6 nitrogen and oxygen atoms in total. The predicted octanol–water partition coefficient (Wildman–Crippen LogP) is 4.59. The first-order chi connectivity index (χ1) is 15.2. The number of alkyl halides is 3. The summed E-state index contributed by atoms with van der Waals surface area (Å²) in [7, 11) is 0. The van der Waals surface area contributed by atoms with Gasteiger partial charge in [0.2, 0.25) is 5.91 Å². The van der Waals surface area contributed by atoms with Crippen LogP contribution in [-0.2, 0) is 11.0 Å². The van der Waals surface area contributed by atoms with E-state index in [1.165, 1.54) is 29.3 Å². The van der Waals surface area contributed by atoms with Crippen molar-refractivity contribution in [2.24, 2.45) is 5.92 Å². The van der Waals surface area contributed by atoms with E-state index in [-0.39, 0.29) is 24.0 Å². The molecule has 10 heteroatoms. The van der Waals surface area contributed by atoms with E-state index in [0.717, 1.165) is 6.07 Å². The van der Waals surface area contributed by atoms with Crippen LogP contribution < -0.4 is 10.2 Å². The molecule has 0 radical (unpaired) electrons. The Morgan fingerprint density at radius 2 is 2.00 bits per heavy atom. The number of pyridine rings is 1. The lowest BCUT2D eigenvalue weighted by Gasteiger charge is -2.34. The van der Waals surface area contributed by atoms with Crippen molar-refractivity contribution in [3.63, 3.8) is 0 Å². The molecule has 1 atom stereocenters. The molecule has 32 heavy (non-hydrogen) atoms. The number of aryl methyl sites for hydroxylation is 1. The number of halogens is 4. The van der Waals surface area contributed by atoms with Gasteiger partial charge in [0.05, 0.1) is 17.2 Å². The van der Waals surface area contributed by atoms with Crippen LogP contribution in [0.4, 0.5) is 29.1 Å². The molecule has 1 unspecified atom stereocenters. The molecule has 1 amide bonds. The maximum absolute atomic E-state index is 14.6. The summed E-state index contributed by atoms with van der Waals surface area (Å²) in [5, 5.41) is 2.68. The third-order valence-electron chi connectivity index (χ3n) is 5.48. The van der Waals surface area contributed by atoms with Gasteiger partial charge in [0.1, 0.15) is 17.5 Å². The van der Waals surface area contributed by atoms with Gasteiger partial charge in [-0.1, -0.05) is 0 Å². The van der Waals surface area contributed by atoms with Crippen molar-refractivity contribution in [1.82, 2.24) is 14.5 Å². The normalized spacial score (nSPS) is 16.8. The van der Waals surface area contributed by atoms with Gasteiger partial charge in [0, 0.05) is 37.4 Å². The number of carbonyl (C=O) groups excluding carboxylic acids is 1. The molecule has 0 aliphatic carbocycles. The van der Waals surface area contributed by atoms with Gasteiger partial charge in [-0.25, -0.2) is 14.4 Å². The number of nitrogens with one attached hydrogen (secondary N) is 1. The number of piperidine rings is 1. The Balaban J connectivity index is 1.48. The van der Waals surface area contributed by atoms with Crippen LogP contribution in [0.1, 0.15) is 24.2 Å². The molecule has 1 aliphatic heterocycles. The Labute approximate surface area is 181 Å². The van der Waals surface area contributed by atoms with Crippen LogP contribution in [-0.4, -0.2) is 33.5 Å². The Morgan fingerprint density at radius 3 is 2.69 bits per heavy atom. The van der Waals surface area contributed by atoms with Crippen molar-refractivity contribution in [3.8, 4) is 5.69 Å². The van der Waals surface area contributed by atoms with E-state index in [2.05, 4.69) is 15.3 Å². The molecule has 4 rings (SSSR count). The van der Waals surface area contributed by atoms with Gasteiger partial charge in [-0.05, 0) is 50.1 Å². The standard InChI is InChI=1S/C22H21F4N5O/c1-14-27-9-11-31(14)19-7-6-16(12-18(19)23)29-21(32)15-4-3-10-30(13-15)20-17(22(24,25)26)5-2-8-28-20/h2,5-9,11-12,15H,3-4,10,13H2,1H3,(H,29,32). The summed E-state index contributed by atoms with van der Waals surface area (Å²) >= 11 is 0. The smallest absolute Gasteiger partial charge is 0.355 e. The number of hydrogen-bond acceptors (Lipinski definition) is 4. The highest BCUT2D eigenvalue weighted by atomic mass is 19.4. The first kappa shape index (κ1) is 21.8. The number of rotatable bonds is 4.